The van der Waals surface area contributed by atoms with Crippen LogP contribution in [0.2, 0.25) is 0 Å². The lowest BCUT2D eigenvalue weighted by Gasteiger charge is -2.24. The second kappa shape index (κ2) is 2.55. The number of aliphatic hydroxyl groups excluding tert-OH is 1. The van der Waals surface area contributed by atoms with E-state index in [9.17, 15) is 0 Å². The van der Waals surface area contributed by atoms with Gasteiger partial charge in [-0.2, -0.15) is 0 Å². The van der Waals surface area contributed by atoms with Gasteiger partial charge in [0.1, 0.15) is 6.10 Å². The highest BCUT2D eigenvalue weighted by atomic mass is 35.5. The van der Waals surface area contributed by atoms with Crippen LogP contribution in [0.25, 0.3) is 0 Å². The van der Waals surface area contributed by atoms with E-state index in [1.165, 1.54) is 18.2 Å². The van der Waals surface area contributed by atoms with Crippen LogP contribution in [0.15, 0.2) is 23.3 Å². The van der Waals surface area contributed by atoms with Crippen LogP contribution in [0, 0.1) is 0 Å². The number of aliphatic hydroxyl groups is 2. The van der Waals surface area contributed by atoms with Gasteiger partial charge in [0.25, 0.3) is 0 Å². The number of allylic oxidation sites excluding steroid dienone is 2. The molecule has 0 aromatic carbocycles. The van der Waals surface area contributed by atoms with Crippen molar-refractivity contribution >= 4 is 23.2 Å². The Morgan fingerprint density at radius 3 is 2.60 bits per heavy atom. The van der Waals surface area contributed by atoms with Crippen molar-refractivity contribution in [3.8, 4) is 0 Å². The third-order valence-electron chi connectivity index (χ3n) is 1.23. The zero-order valence-electron chi connectivity index (χ0n) is 4.96. The summed E-state index contributed by atoms with van der Waals surface area (Å²) in [5.74, 6) is 0. The lowest BCUT2D eigenvalue weighted by molar-refractivity contribution is 0.0449. The van der Waals surface area contributed by atoms with Crippen molar-refractivity contribution in [3.05, 3.63) is 23.3 Å². The zero-order valence-corrected chi connectivity index (χ0v) is 6.47. The zero-order chi connectivity index (χ0) is 7.78. The Bertz CT molecular complexity index is 196. The first-order chi connectivity index (χ1) is 4.54. The Hall–Kier alpha value is -0.0200. The molecule has 1 aliphatic carbocycles. The summed E-state index contributed by atoms with van der Waals surface area (Å²) in [5.41, 5.74) is 0. The van der Waals surface area contributed by atoms with Crippen molar-refractivity contribution in [1.82, 2.24) is 0 Å². The van der Waals surface area contributed by atoms with Crippen molar-refractivity contribution in [2.45, 2.75) is 11.2 Å². The van der Waals surface area contributed by atoms with Crippen LogP contribution in [-0.2, 0) is 0 Å². The van der Waals surface area contributed by atoms with Crippen molar-refractivity contribution in [2.24, 2.45) is 0 Å². The summed E-state index contributed by atoms with van der Waals surface area (Å²) in [7, 11) is 0. The molecule has 0 saturated heterocycles. The molecular weight excluding hydrogens is 175 g/mol. The topological polar surface area (TPSA) is 40.5 Å². The predicted molar refractivity (Wildman–Crippen MR) is 39.9 cm³/mol. The quantitative estimate of drug-likeness (QED) is 0.546. The Labute approximate surface area is 68.4 Å². The first-order valence-corrected chi connectivity index (χ1v) is 3.44. The third kappa shape index (κ3) is 1.35. The molecule has 0 aliphatic heterocycles. The number of halogens is 2. The van der Waals surface area contributed by atoms with Crippen LogP contribution in [0.1, 0.15) is 0 Å². The van der Waals surface area contributed by atoms with Crippen LogP contribution in [-0.4, -0.2) is 21.4 Å². The average molecular weight is 181 g/mol. The van der Waals surface area contributed by atoms with Crippen molar-refractivity contribution in [1.29, 1.82) is 0 Å². The van der Waals surface area contributed by atoms with Gasteiger partial charge >= 0.3 is 0 Å². The summed E-state index contributed by atoms with van der Waals surface area (Å²) in [5, 5.41) is 16.6. The van der Waals surface area contributed by atoms with Crippen molar-refractivity contribution in [3.63, 3.8) is 0 Å². The van der Waals surface area contributed by atoms with E-state index in [1.807, 2.05) is 0 Å². The molecule has 10 heavy (non-hydrogen) atoms. The van der Waals surface area contributed by atoms with Gasteiger partial charge in [-0.1, -0.05) is 29.3 Å². The summed E-state index contributed by atoms with van der Waals surface area (Å²) in [4.78, 5) is 0. The number of hydrogen-bond donors (Lipinski definition) is 2. The number of hydrogen-bond acceptors (Lipinski definition) is 2. The number of alkyl halides is 1. The maximum Gasteiger partial charge on any atom is 0.189 e. The normalized spacial score (nSPS) is 39.6. The predicted octanol–water partition coefficient (Wildman–Crippen LogP) is 0.967. The van der Waals surface area contributed by atoms with Crippen LogP contribution in [0.5, 0.6) is 0 Å². The average Bonchev–Trinajstić information content (AvgIpc) is 1.83. The molecule has 0 bridgehead atoms. The largest absolute Gasteiger partial charge is 0.383 e. The molecule has 4 heteroatoms. The molecule has 1 rings (SSSR count). The Morgan fingerprint density at radius 2 is 2.20 bits per heavy atom. The fourth-order valence-corrected chi connectivity index (χ4v) is 1.14. The summed E-state index contributed by atoms with van der Waals surface area (Å²) in [6.45, 7) is 0. The molecule has 0 fully saturated rings. The Morgan fingerprint density at radius 1 is 1.60 bits per heavy atom. The summed E-state index contributed by atoms with van der Waals surface area (Å²) in [6, 6.07) is 0. The minimum atomic E-state index is -1.74. The van der Waals surface area contributed by atoms with Gasteiger partial charge in [-0.05, 0) is 12.2 Å². The highest BCUT2D eigenvalue weighted by Crippen LogP contribution is 2.28. The second-order valence-electron chi connectivity index (χ2n) is 2.04. The molecule has 0 radical (unpaired) electrons. The first-order valence-electron chi connectivity index (χ1n) is 2.68. The van der Waals surface area contributed by atoms with E-state index in [-0.39, 0.29) is 5.03 Å². The first kappa shape index (κ1) is 8.08. The Kier molecular flexibility index (Phi) is 2.06. The van der Waals surface area contributed by atoms with E-state index in [0.717, 1.165) is 0 Å². The molecule has 0 saturated carbocycles. The van der Waals surface area contributed by atoms with Gasteiger partial charge in [0.2, 0.25) is 0 Å². The molecule has 2 unspecified atom stereocenters. The van der Waals surface area contributed by atoms with Crippen molar-refractivity contribution < 1.29 is 10.2 Å². The van der Waals surface area contributed by atoms with E-state index in [1.54, 1.807) is 0 Å². The molecule has 2 N–H and O–H groups in total. The van der Waals surface area contributed by atoms with Gasteiger partial charge in [-0.15, -0.1) is 0 Å². The lowest BCUT2D eigenvalue weighted by atomic mass is 10.1. The molecule has 2 nitrogen and oxygen atoms in total. The number of rotatable bonds is 0. The standard InChI is InChI=1S/C6H6Cl2O2/c7-4-2-1-3-6(8,10)5(4)9/h1-3,5,9-10H. The van der Waals surface area contributed by atoms with Crippen LogP contribution in [0.3, 0.4) is 0 Å². The fraction of sp³-hybridized carbons (Fsp3) is 0.333. The van der Waals surface area contributed by atoms with Gasteiger partial charge in [-0.3, -0.25) is 0 Å². The van der Waals surface area contributed by atoms with Gasteiger partial charge in [-0.25, -0.2) is 0 Å². The molecule has 0 aromatic heterocycles. The van der Waals surface area contributed by atoms with E-state index in [0.29, 0.717) is 0 Å². The van der Waals surface area contributed by atoms with Gasteiger partial charge in [0, 0.05) is 0 Å². The second-order valence-corrected chi connectivity index (χ2v) is 3.08. The summed E-state index contributed by atoms with van der Waals surface area (Å²) >= 11 is 10.9. The molecule has 1 aliphatic rings. The van der Waals surface area contributed by atoms with Crippen LogP contribution >= 0.6 is 23.2 Å². The molecular formula is C6H6Cl2O2. The van der Waals surface area contributed by atoms with Gasteiger partial charge < -0.3 is 10.2 Å². The molecule has 0 aromatic rings. The minimum Gasteiger partial charge on any atom is -0.383 e. The Balaban J connectivity index is 2.89. The monoisotopic (exact) mass is 180 g/mol. The smallest absolute Gasteiger partial charge is 0.189 e. The summed E-state index contributed by atoms with van der Waals surface area (Å²) in [6.07, 6.45) is 3.01. The fourth-order valence-electron chi connectivity index (χ4n) is 0.651. The van der Waals surface area contributed by atoms with E-state index in [2.05, 4.69) is 0 Å². The highest BCUT2D eigenvalue weighted by molar-refractivity contribution is 6.32. The molecule has 0 spiro atoms. The van der Waals surface area contributed by atoms with E-state index in [4.69, 9.17) is 33.4 Å². The molecule has 0 heterocycles. The third-order valence-corrected chi connectivity index (χ3v) is 1.90. The van der Waals surface area contributed by atoms with E-state index >= 15 is 0 Å². The van der Waals surface area contributed by atoms with Crippen LogP contribution < -0.4 is 0 Å². The lowest BCUT2D eigenvalue weighted by Crippen LogP contribution is -2.36. The molecule has 2 atom stereocenters. The minimum absolute atomic E-state index is 0.139. The maximum atomic E-state index is 9.12. The summed E-state index contributed by atoms with van der Waals surface area (Å²) < 4.78 is 0. The maximum absolute atomic E-state index is 9.12. The molecule has 56 valence electrons. The highest BCUT2D eigenvalue weighted by Gasteiger charge is 2.34. The molecule has 0 amide bonds. The van der Waals surface area contributed by atoms with Gasteiger partial charge in [0.05, 0.1) is 5.03 Å². The SMILES string of the molecule is OC1C(Cl)=CC=CC1(O)Cl. The van der Waals surface area contributed by atoms with Crippen LogP contribution in [0.4, 0.5) is 0 Å². The van der Waals surface area contributed by atoms with E-state index < -0.39 is 11.2 Å². The van der Waals surface area contributed by atoms with Crippen molar-refractivity contribution in [2.75, 3.05) is 0 Å². The van der Waals surface area contributed by atoms with Gasteiger partial charge in [0.15, 0.2) is 5.06 Å².